The average molecular weight is 324 g/mol. The van der Waals surface area contributed by atoms with Gasteiger partial charge in [0.05, 0.1) is 12.7 Å². The Balaban J connectivity index is 1.41. The zero-order valence-corrected chi connectivity index (χ0v) is 14.6. The van der Waals surface area contributed by atoms with Gasteiger partial charge in [0.1, 0.15) is 0 Å². The number of nitrogens with zero attached hydrogens (tertiary/aromatic N) is 1. The number of amides is 1. The van der Waals surface area contributed by atoms with E-state index >= 15 is 0 Å². The predicted molar refractivity (Wildman–Crippen MR) is 89.4 cm³/mol. The number of ether oxygens (including phenoxy) is 2. The molecule has 3 rings (SSSR count). The van der Waals surface area contributed by atoms with Crippen molar-refractivity contribution < 1.29 is 14.3 Å². The second kappa shape index (κ2) is 7.84. The van der Waals surface area contributed by atoms with E-state index in [-0.39, 0.29) is 6.09 Å². The highest BCUT2D eigenvalue weighted by molar-refractivity contribution is 5.67. The van der Waals surface area contributed by atoms with Crippen molar-refractivity contribution in [3.8, 4) is 0 Å². The number of hydrogen-bond donors (Lipinski definition) is 1. The third-order valence-electron chi connectivity index (χ3n) is 5.52. The Morgan fingerprint density at radius 3 is 2.74 bits per heavy atom. The molecule has 3 atom stereocenters. The molecule has 0 aromatic carbocycles. The first-order valence-corrected chi connectivity index (χ1v) is 9.43. The number of hydrogen-bond acceptors (Lipinski definition) is 4. The fourth-order valence-electron chi connectivity index (χ4n) is 4.24. The third kappa shape index (κ3) is 4.38. The van der Waals surface area contributed by atoms with Crippen molar-refractivity contribution in [2.75, 3.05) is 26.3 Å². The molecule has 0 aromatic rings. The second-order valence-corrected chi connectivity index (χ2v) is 7.80. The fraction of sp³-hybridized carbons (Fsp3) is 0.944. The maximum absolute atomic E-state index is 12.0. The van der Waals surface area contributed by atoms with Crippen LogP contribution in [0.5, 0.6) is 0 Å². The van der Waals surface area contributed by atoms with Crippen LogP contribution in [-0.2, 0) is 9.47 Å². The summed E-state index contributed by atoms with van der Waals surface area (Å²) < 4.78 is 11.2. The molecule has 0 bridgehead atoms. The highest BCUT2D eigenvalue weighted by atomic mass is 16.6. The van der Waals surface area contributed by atoms with Crippen LogP contribution in [0.25, 0.3) is 0 Å². The SMILES string of the molecule is CC(C)COC(=O)N1CCC(NC2CCCC3OCCC23)CC1. The number of carbonyl (C=O) groups is 1. The van der Waals surface area contributed by atoms with E-state index in [1.807, 2.05) is 4.90 Å². The van der Waals surface area contributed by atoms with Crippen molar-refractivity contribution in [2.24, 2.45) is 11.8 Å². The van der Waals surface area contributed by atoms with Crippen LogP contribution in [0.1, 0.15) is 52.4 Å². The minimum atomic E-state index is -0.140. The van der Waals surface area contributed by atoms with Crippen molar-refractivity contribution in [2.45, 2.75) is 70.6 Å². The topological polar surface area (TPSA) is 50.8 Å². The van der Waals surface area contributed by atoms with Crippen LogP contribution in [0.4, 0.5) is 4.79 Å². The normalized spacial score (nSPS) is 32.1. The molecular formula is C18H32N2O3. The van der Waals surface area contributed by atoms with E-state index in [0.29, 0.717) is 36.6 Å². The number of rotatable bonds is 4. The van der Waals surface area contributed by atoms with Gasteiger partial charge in [0.25, 0.3) is 0 Å². The first kappa shape index (κ1) is 17.0. The standard InChI is InChI=1S/C18H32N2O3/c1-13(2)12-23-18(21)20-9-6-14(7-10-20)19-16-4-3-5-17-15(16)8-11-22-17/h13-17,19H,3-12H2,1-2H3. The quantitative estimate of drug-likeness (QED) is 0.864. The Labute approximate surface area is 140 Å². The third-order valence-corrected chi connectivity index (χ3v) is 5.52. The molecule has 1 amide bonds. The molecule has 5 nitrogen and oxygen atoms in total. The lowest BCUT2D eigenvalue weighted by Crippen LogP contribution is -2.51. The zero-order chi connectivity index (χ0) is 16.2. The van der Waals surface area contributed by atoms with Gasteiger partial charge in [0, 0.05) is 37.7 Å². The highest BCUT2D eigenvalue weighted by Crippen LogP contribution is 2.35. The van der Waals surface area contributed by atoms with Crippen molar-refractivity contribution in [1.29, 1.82) is 0 Å². The molecular weight excluding hydrogens is 292 g/mol. The van der Waals surface area contributed by atoms with E-state index in [0.717, 1.165) is 32.5 Å². The molecule has 0 spiro atoms. The van der Waals surface area contributed by atoms with E-state index in [1.54, 1.807) is 0 Å². The minimum Gasteiger partial charge on any atom is -0.449 e. The van der Waals surface area contributed by atoms with Crippen LogP contribution in [0.3, 0.4) is 0 Å². The van der Waals surface area contributed by atoms with Gasteiger partial charge in [-0.25, -0.2) is 4.79 Å². The van der Waals surface area contributed by atoms with E-state index in [1.165, 1.54) is 25.7 Å². The number of fused-ring (bicyclic) bond motifs is 1. The van der Waals surface area contributed by atoms with Gasteiger partial charge in [0.2, 0.25) is 0 Å². The summed E-state index contributed by atoms with van der Waals surface area (Å²) >= 11 is 0. The van der Waals surface area contributed by atoms with Gasteiger partial charge in [-0.1, -0.05) is 13.8 Å². The Kier molecular flexibility index (Phi) is 5.81. The first-order valence-electron chi connectivity index (χ1n) is 9.43. The van der Waals surface area contributed by atoms with Gasteiger partial charge in [0.15, 0.2) is 0 Å². The predicted octanol–water partition coefficient (Wildman–Crippen LogP) is 2.79. The molecule has 5 heteroatoms. The smallest absolute Gasteiger partial charge is 0.409 e. The van der Waals surface area contributed by atoms with Crippen molar-refractivity contribution in [3.05, 3.63) is 0 Å². The highest BCUT2D eigenvalue weighted by Gasteiger charge is 2.38. The van der Waals surface area contributed by atoms with Crippen molar-refractivity contribution in [1.82, 2.24) is 10.2 Å². The van der Waals surface area contributed by atoms with Crippen LogP contribution in [0, 0.1) is 11.8 Å². The summed E-state index contributed by atoms with van der Waals surface area (Å²) in [6.45, 7) is 7.20. The van der Waals surface area contributed by atoms with Gasteiger partial charge in [-0.2, -0.15) is 0 Å². The molecule has 2 aliphatic heterocycles. The molecule has 3 fully saturated rings. The Morgan fingerprint density at radius 1 is 1.22 bits per heavy atom. The summed E-state index contributed by atoms with van der Waals surface area (Å²) in [7, 11) is 0. The molecule has 0 radical (unpaired) electrons. The lowest BCUT2D eigenvalue weighted by atomic mass is 9.81. The largest absolute Gasteiger partial charge is 0.449 e. The second-order valence-electron chi connectivity index (χ2n) is 7.80. The summed E-state index contributed by atoms with van der Waals surface area (Å²) in [6.07, 6.45) is 7.43. The molecule has 1 saturated carbocycles. The minimum absolute atomic E-state index is 0.140. The summed E-state index contributed by atoms with van der Waals surface area (Å²) in [5, 5.41) is 3.88. The summed E-state index contributed by atoms with van der Waals surface area (Å²) in [6, 6.07) is 1.15. The molecule has 0 aromatic heterocycles. The zero-order valence-electron chi connectivity index (χ0n) is 14.6. The van der Waals surface area contributed by atoms with Gasteiger partial charge >= 0.3 is 6.09 Å². The first-order chi connectivity index (χ1) is 11.1. The maximum Gasteiger partial charge on any atom is 0.409 e. The number of piperidine rings is 1. The molecule has 3 unspecified atom stereocenters. The number of likely N-dealkylation sites (tertiary alicyclic amines) is 1. The number of nitrogens with one attached hydrogen (secondary N) is 1. The molecule has 1 N–H and O–H groups in total. The van der Waals surface area contributed by atoms with Crippen LogP contribution in [0.15, 0.2) is 0 Å². The van der Waals surface area contributed by atoms with Crippen molar-refractivity contribution >= 4 is 6.09 Å². The lowest BCUT2D eigenvalue weighted by molar-refractivity contribution is 0.0472. The molecule has 132 valence electrons. The molecule has 23 heavy (non-hydrogen) atoms. The maximum atomic E-state index is 12.0. The Morgan fingerprint density at radius 2 is 2.00 bits per heavy atom. The van der Waals surface area contributed by atoms with Gasteiger partial charge in [-0.05, 0) is 44.4 Å². The Bertz CT molecular complexity index is 394. The molecule has 2 saturated heterocycles. The van der Waals surface area contributed by atoms with Gasteiger partial charge in [-0.15, -0.1) is 0 Å². The monoisotopic (exact) mass is 324 g/mol. The van der Waals surface area contributed by atoms with E-state index in [2.05, 4.69) is 19.2 Å². The van der Waals surface area contributed by atoms with Crippen LogP contribution < -0.4 is 5.32 Å². The van der Waals surface area contributed by atoms with Crippen LogP contribution >= 0.6 is 0 Å². The van der Waals surface area contributed by atoms with Crippen molar-refractivity contribution in [3.63, 3.8) is 0 Å². The fourth-order valence-corrected chi connectivity index (χ4v) is 4.24. The summed E-state index contributed by atoms with van der Waals surface area (Å²) in [4.78, 5) is 13.9. The average Bonchev–Trinajstić information content (AvgIpc) is 3.03. The Hall–Kier alpha value is -0.810. The van der Waals surface area contributed by atoms with E-state index in [9.17, 15) is 4.79 Å². The van der Waals surface area contributed by atoms with E-state index in [4.69, 9.17) is 9.47 Å². The number of carbonyl (C=O) groups excluding carboxylic acids is 1. The lowest BCUT2D eigenvalue weighted by Gasteiger charge is -2.39. The van der Waals surface area contributed by atoms with Crippen LogP contribution in [0.2, 0.25) is 0 Å². The molecule has 2 heterocycles. The summed E-state index contributed by atoms with van der Waals surface area (Å²) in [5.74, 6) is 1.10. The molecule has 3 aliphatic rings. The van der Waals surface area contributed by atoms with E-state index < -0.39 is 0 Å². The van der Waals surface area contributed by atoms with Gasteiger partial charge < -0.3 is 19.7 Å². The van der Waals surface area contributed by atoms with Crippen LogP contribution in [-0.4, -0.2) is 55.5 Å². The molecule has 1 aliphatic carbocycles. The van der Waals surface area contributed by atoms with Gasteiger partial charge in [-0.3, -0.25) is 0 Å². The summed E-state index contributed by atoms with van der Waals surface area (Å²) in [5.41, 5.74) is 0.